The van der Waals surface area contributed by atoms with Crippen molar-refractivity contribution in [3.8, 4) is 5.75 Å². The van der Waals surface area contributed by atoms with Gasteiger partial charge in [0.1, 0.15) is 11.8 Å². The lowest BCUT2D eigenvalue weighted by Gasteiger charge is -2.29. The monoisotopic (exact) mass is 391 g/mol. The van der Waals surface area contributed by atoms with Gasteiger partial charge in [-0.05, 0) is 42.3 Å². The Kier molecular flexibility index (Phi) is 7.05. The number of ether oxygens (including phenoxy) is 1. The zero-order valence-corrected chi connectivity index (χ0v) is 15.6. The summed E-state index contributed by atoms with van der Waals surface area (Å²) in [4.78, 5) is 16.1. The number of rotatable bonds is 9. The number of pyridine rings is 1. The molecule has 1 aromatic carbocycles. The summed E-state index contributed by atoms with van der Waals surface area (Å²) in [5.41, 5.74) is 2.12. The lowest BCUT2D eigenvalue weighted by Crippen LogP contribution is -2.48. The average molecular weight is 391 g/mol. The van der Waals surface area contributed by atoms with Crippen LogP contribution in [0.3, 0.4) is 0 Å². The van der Waals surface area contributed by atoms with Gasteiger partial charge in [-0.3, -0.25) is 15.0 Å². The van der Waals surface area contributed by atoms with Crippen molar-refractivity contribution in [2.75, 3.05) is 7.11 Å². The quantitative estimate of drug-likeness (QED) is 0.383. The van der Waals surface area contributed by atoms with Gasteiger partial charge in [-0.1, -0.05) is 12.1 Å². The van der Waals surface area contributed by atoms with Gasteiger partial charge in [-0.15, -0.1) is 6.58 Å². The SMILES string of the molecule is C=CC[C@H](C(=O)NO)N(Cc1cccnc1)S(=O)(=O)c1ccc(OC)cc1. The smallest absolute Gasteiger partial charge is 0.262 e. The molecule has 27 heavy (non-hydrogen) atoms. The van der Waals surface area contributed by atoms with Gasteiger partial charge in [0.2, 0.25) is 10.0 Å². The first-order valence-corrected chi connectivity index (χ1v) is 9.47. The van der Waals surface area contributed by atoms with E-state index < -0.39 is 22.0 Å². The topological polar surface area (TPSA) is 109 Å². The minimum absolute atomic E-state index is 0.00741. The third-order valence-electron chi connectivity index (χ3n) is 3.88. The molecule has 0 saturated heterocycles. The predicted octanol–water partition coefficient (Wildman–Crippen LogP) is 1.73. The number of methoxy groups -OCH3 is 1. The van der Waals surface area contributed by atoms with Crippen LogP contribution in [0.5, 0.6) is 5.75 Å². The standard InChI is InChI=1S/C18H21N3O5S/c1-3-5-17(18(22)20-23)21(13-14-6-4-11-19-12-14)27(24,25)16-9-7-15(26-2)8-10-16/h3-4,6-12,17,23H,1,5,13H2,2H3,(H,20,22)/t17-/m1/s1. The van der Waals surface area contributed by atoms with Crippen molar-refractivity contribution >= 4 is 15.9 Å². The number of hydrogen-bond acceptors (Lipinski definition) is 6. The van der Waals surface area contributed by atoms with E-state index in [0.29, 0.717) is 11.3 Å². The minimum Gasteiger partial charge on any atom is -0.497 e. The summed E-state index contributed by atoms with van der Waals surface area (Å²) in [5, 5.41) is 9.07. The van der Waals surface area contributed by atoms with Crippen LogP contribution in [0, 0.1) is 0 Å². The van der Waals surface area contributed by atoms with Crippen molar-refractivity contribution < 1.29 is 23.2 Å². The zero-order valence-electron chi connectivity index (χ0n) is 14.8. The molecule has 0 aliphatic rings. The maximum atomic E-state index is 13.2. The van der Waals surface area contributed by atoms with Gasteiger partial charge in [0, 0.05) is 18.9 Å². The van der Waals surface area contributed by atoms with Crippen LogP contribution in [-0.2, 0) is 21.4 Å². The molecule has 2 aromatic rings. The fraction of sp³-hybridized carbons (Fsp3) is 0.222. The number of hydroxylamine groups is 1. The van der Waals surface area contributed by atoms with E-state index in [2.05, 4.69) is 11.6 Å². The molecule has 2 N–H and O–H groups in total. The van der Waals surface area contributed by atoms with E-state index >= 15 is 0 Å². The highest BCUT2D eigenvalue weighted by molar-refractivity contribution is 7.89. The minimum atomic E-state index is -4.07. The van der Waals surface area contributed by atoms with Gasteiger partial charge in [0.05, 0.1) is 12.0 Å². The molecule has 0 fully saturated rings. The number of sulfonamides is 1. The normalized spacial score (nSPS) is 12.4. The van der Waals surface area contributed by atoms with Crippen molar-refractivity contribution in [2.45, 2.75) is 23.9 Å². The number of carbonyl (C=O) groups excluding carboxylic acids is 1. The molecular formula is C18H21N3O5S. The molecule has 0 bridgehead atoms. The second kappa shape index (κ2) is 9.26. The van der Waals surface area contributed by atoms with Crippen LogP contribution in [0.4, 0.5) is 0 Å². The van der Waals surface area contributed by atoms with Crippen LogP contribution in [0.2, 0.25) is 0 Å². The Morgan fingerprint density at radius 2 is 2.07 bits per heavy atom. The molecule has 1 atom stereocenters. The van der Waals surface area contributed by atoms with Crippen molar-refractivity contribution in [3.63, 3.8) is 0 Å². The second-order valence-corrected chi connectivity index (χ2v) is 7.49. The molecule has 0 saturated carbocycles. The van der Waals surface area contributed by atoms with Crippen LogP contribution in [0.1, 0.15) is 12.0 Å². The van der Waals surface area contributed by atoms with E-state index in [0.717, 1.165) is 4.31 Å². The van der Waals surface area contributed by atoms with Crippen LogP contribution in [0.15, 0.2) is 66.3 Å². The van der Waals surface area contributed by atoms with E-state index in [1.165, 1.54) is 49.1 Å². The van der Waals surface area contributed by atoms with Crippen LogP contribution in [-0.4, -0.2) is 42.0 Å². The largest absolute Gasteiger partial charge is 0.497 e. The number of nitrogens with zero attached hydrogens (tertiary/aromatic N) is 2. The summed E-state index contributed by atoms with van der Waals surface area (Å²) >= 11 is 0. The molecule has 1 aromatic heterocycles. The van der Waals surface area contributed by atoms with Crippen LogP contribution in [0.25, 0.3) is 0 Å². The number of carbonyl (C=O) groups is 1. The maximum absolute atomic E-state index is 13.2. The Labute approximate surface area is 158 Å². The van der Waals surface area contributed by atoms with Gasteiger partial charge < -0.3 is 4.74 Å². The lowest BCUT2D eigenvalue weighted by molar-refractivity contribution is -0.133. The fourth-order valence-electron chi connectivity index (χ4n) is 2.51. The number of nitrogens with one attached hydrogen (secondary N) is 1. The molecule has 0 radical (unpaired) electrons. The van der Waals surface area contributed by atoms with E-state index in [9.17, 15) is 13.2 Å². The summed E-state index contributed by atoms with van der Waals surface area (Å²) in [6, 6.07) is 8.01. The molecular weight excluding hydrogens is 370 g/mol. The van der Waals surface area contributed by atoms with Gasteiger partial charge in [-0.2, -0.15) is 4.31 Å². The van der Waals surface area contributed by atoms with E-state index in [1.807, 2.05) is 0 Å². The molecule has 9 heteroatoms. The lowest BCUT2D eigenvalue weighted by atomic mass is 10.2. The highest BCUT2D eigenvalue weighted by Gasteiger charge is 2.35. The van der Waals surface area contributed by atoms with Gasteiger partial charge >= 0.3 is 0 Å². The Balaban J connectivity index is 2.51. The zero-order chi connectivity index (χ0) is 19.9. The Bertz CT molecular complexity index is 870. The van der Waals surface area contributed by atoms with E-state index in [4.69, 9.17) is 9.94 Å². The van der Waals surface area contributed by atoms with Crippen LogP contribution >= 0.6 is 0 Å². The predicted molar refractivity (Wildman–Crippen MR) is 98.5 cm³/mol. The summed E-state index contributed by atoms with van der Waals surface area (Å²) in [6.07, 6.45) is 4.51. The molecule has 0 unspecified atom stereocenters. The van der Waals surface area contributed by atoms with Gasteiger partial charge in [0.15, 0.2) is 0 Å². The molecule has 2 rings (SSSR count). The summed E-state index contributed by atoms with van der Waals surface area (Å²) in [5.74, 6) is -0.348. The highest BCUT2D eigenvalue weighted by atomic mass is 32.2. The molecule has 1 amide bonds. The van der Waals surface area contributed by atoms with Gasteiger partial charge in [-0.25, -0.2) is 13.9 Å². The molecule has 0 aliphatic heterocycles. The van der Waals surface area contributed by atoms with Gasteiger partial charge in [0.25, 0.3) is 5.91 Å². The summed E-state index contributed by atoms with van der Waals surface area (Å²) < 4.78 is 32.5. The van der Waals surface area contributed by atoms with E-state index in [-0.39, 0.29) is 17.9 Å². The Hall–Kier alpha value is -2.75. The molecule has 144 valence electrons. The number of aromatic nitrogens is 1. The number of amides is 1. The molecule has 0 spiro atoms. The first-order valence-electron chi connectivity index (χ1n) is 8.03. The fourth-order valence-corrected chi connectivity index (χ4v) is 4.09. The highest BCUT2D eigenvalue weighted by Crippen LogP contribution is 2.24. The van der Waals surface area contributed by atoms with Crippen molar-refractivity contribution in [3.05, 3.63) is 67.0 Å². The maximum Gasteiger partial charge on any atom is 0.262 e. The molecule has 0 aliphatic carbocycles. The Morgan fingerprint density at radius 1 is 1.37 bits per heavy atom. The second-order valence-electron chi connectivity index (χ2n) is 5.60. The first-order chi connectivity index (χ1) is 12.9. The summed E-state index contributed by atoms with van der Waals surface area (Å²) in [7, 11) is -2.59. The Morgan fingerprint density at radius 3 is 2.59 bits per heavy atom. The third kappa shape index (κ3) is 4.91. The summed E-state index contributed by atoms with van der Waals surface area (Å²) in [6.45, 7) is 3.47. The third-order valence-corrected chi connectivity index (χ3v) is 5.75. The van der Waals surface area contributed by atoms with E-state index in [1.54, 1.807) is 18.3 Å². The molecule has 1 heterocycles. The first kappa shape index (κ1) is 20.6. The number of benzene rings is 1. The van der Waals surface area contributed by atoms with Crippen molar-refractivity contribution in [1.82, 2.24) is 14.8 Å². The average Bonchev–Trinajstić information content (AvgIpc) is 2.70. The molecule has 8 nitrogen and oxygen atoms in total. The van der Waals surface area contributed by atoms with Crippen molar-refractivity contribution in [1.29, 1.82) is 0 Å². The van der Waals surface area contributed by atoms with Crippen LogP contribution < -0.4 is 10.2 Å². The number of hydrogen-bond donors (Lipinski definition) is 2. The van der Waals surface area contributed by atoms with Crippen molar-refractivity contribution in [2.24, 2.45) is 0 Å².